The fraction of sp³-hybridized carbons (Fsp3) is 0.391. The molecule has 164 valence electrons. The third kappa shape index (κ3) is 3.79. The van der Waals surface area contributed by atoms with E-state index in [1.807, 2.05) is 0 Å². The van der Waals surface area contributed by atoms with Crippen molar-refractivity contribution in [3.8, 4) is 11.5 Å². The number of carbonyl (C=O) groups excluding carboxylic acids is 2. The minimum Gasteiger partial charge on any atom is -0.503 e. The standard InChI is InChI=1S/C23H25NO7/c1-13-6-8-18(31-13)21(25)19-20(16-11-14(28-2)7-9-17(16)29-3)24(23(27)22(19)26)12-15-5-4-10-30-15/h6-9,11,15,20,26H,4-5,10,12H2,1-3H3. The number of ketones is 1. The minimum absolute atomic E-state index is 0.0519. The van der Waals surface area contributed by atoms with Crippen LogP contribution in [0.25, 0.3) is 0 Å². The zero-order valence-electron chi connectivity index (χ0n) is 17.7. The smallest absolute Gasteiger partial charge is 0.290 e. The number of benzene rings is 1. The van der Waals surface area contributed by atoms with E-state index in [1.54, 1.807) is 31.2 Å². The highest BCUT2D eigenvalue weighted by atomic mass is 16.5. The highest BCUT2D eigenvalue weighted by Gasteiger charge is 2.46. The molecule has 31 heavy (non-hydrogen) atoms. The van der Waals surface area contributed by atoms with Gasteiger partial charge in [-0.15, -0.1) is 0 Å². The number of methoxy groups -OCH3 is 2. The molecule has 0 bridgehead atoms. The molecule has 1 amide bonds. The molecule has 0 radical (unpaired) electrons. The van der Waals surface area contributed by atoms with Crippen LogP contribution in [0.5, 0.6) is 11.5 Å². The van der Waals surface area contributed by atoms with E-state index < -0.39 is 23.5 Å². The van der Waals surface area contributed by atoms with Crippen molar-refractivity contribution < 1.29 is 33.3 Å². The lowest BCUT2D eigenvalue weighted by Crippen LogP contribution is -2.37. The fourth-order valence-corrected chi connectivity index (χ4v) is 4.15. The van der Waals surface area contributed by atoms with Crippen LogP contribution in [0.2, 0.25) is 0 Å². The van der Waals surface area contributed by atoms with E-state index in [0.29, 0.717) is 29.4 Å². The third-order valence-corrected chi connectivity index (χ3v) is 5.67. The third-order valence-electron chi connectivity index (χ3n) is 5.67. The Kier molecular flexibility index (Phi) is 5.73. The molecule has 2 unspecified atom stereocenters. The van der Waals surface area contributed by atoms with Crippen LogP contribution in [-0.4, -0.2) is 55.2 Å². The van der Waals surface area contributed by atoms with Crippen molar-refractivity contribution in [2.45, 2.75) is 31.9 Å². The van der Waals surface area contributed by atoms with E-state index in [4.69, 9.17) is 18.6 Å². The molecule has 1 N–H and O–H groups in total. The van der Waals surface area contributed by atoms with Gasteiger partial charge in [-0.25, -0.2) is 0 Å². The van der Waals surface area contributed by atoms with E-state index in [0.717, 1.165) is 12.8 Å². The molecule has 2 aromatic rings. The first-order chi connectivity index (χ1) is 14.9. The molecule has 8 nitrogen and oxygen atoms in total. The predicted octanol–water partition coefficient (Wildman–Crippen LogP) is 3.36. The maximum atomic E-state index is 13.3. The highest BCUT2D eigenvalue weighted by molar-refractivity contribution is 6.15. The van der Waals surface area contributed by atoms with Crippen LogP contribution >= 0.6 is 0 Å². The molecular formula is C23H25NO7. The zero-order valence-corrected chi connectivity index (χ0v) is 17.7. The molecule has 4 rings (SSSR count). The second-order valence-corrected chi connectivity index (χ2v) is 7.60. The predicted molar refractivity (Wildman–Crippen MR) is 110 cm³/mol. The lowest BCUT2D eigenvalue weighted by atomic mass is 9.94. The molecule has 0 spiro atoms. The second kappa shape index (κ2) is 8.47. The van der Waals surface area contributed by atoms with Crippen LogP contribution in [0.4, 0.5) is 0 Å². The van der Waals surface area contributed by atoms with E-state index >= 15 is 0 Å². The van der Waals surface area contributed by atoms with E-state index in [-0.39, 0.29) is 24.0 Å². The van der Waals surface area contributed by atoms with Crippen LogP contribution < -0.4 is 9.47 Å². The summed E-state index contributed by atoms with van der Waals surface area (Å²) in [4.78, 5) is 27.9. The van der Waals surface area contributed by atoms with Crippen molar-refractivity contribution >= 4 is 11.7 Å². The lowest BCUT2D eigenvalue weighted by Gasteiger charge is -2.29. The summed E-state index contributed by atoms with van der Waals surface area (Å²) < 4.78 is 22.1. The monoisotopic (exact) mass is 427 g/mol. The number of Topliss-reactive ketones (excluding diaryl/α,β-unsaturated/α-hetero) is 1. The number of nitrogens with zero attached hydrogens (tertiary/aromatic N) is 1. The molecule has 1 aromatic carbocycles. The van der Waals surface area contributed by atoms with Gasteiger partial charge < -0.3 is 28.6 Å². The SMILES string of the molecule is COc1ccc(OC)c(C2C(C(=O)c3ccc(C)o3)=C(O)C(=O)N2CC2CCCO2)c1. The van der Waals surface area contributed by atoms with Crippen LogP contribution in [0.1, 0.15) is 40.8 Å². The van der Waals surface area contributed by atoms with Gasteiger partial charge in [0.05, 0.1) is 31.9 Å². The Balaban J connectivity index is 1.83. The topological polar surface area (TPSA) is 98.4 Å². The van der Waals surface area contributed by atoms with Crippen molar-refractivity contribution in [1.29, 1.82) is 0 Å². The number of aliphatic hydroxyl groups excluding tert-OH is 1. The van der Waals surface area contributed by atoms with Crippen LogP contribution in [0, 0.1) is 6.92 Å². The highest BCUT2D eigenvalue weighted by Crippen LogP contribution is 2.44. The van der Waals surface area contributed by atoms with Gasteiger partial charge in [-0.1, -0.05) is 0 Å². The van der Waals surface area contributed by atoms with Gasteiger partial charge >= 0.3 is 0 Å². The molecule has 2 aliphatic heterocycles. The van der Waals surface area contributed by atoms with Gasteiger partial charge in [0.2, 0.25) is 5.78 Å². The lowest BCUT2D eigenvalue weighted by molar-refractivity contribution is -0.131. The quantitative estimate of drug-likeness (QED) is 0.677. The summed E-state index contributed by atoms with van der Waals surface area (Å²) in [6.07, 6.45) is 1.53. The van der Waals surface area contributed by atoms with Crippen molar-refractivity contribution in [3.63, 3.8) is 0 Å². The van der Waals surface area contributed by atoms with Crippen molar-refractivity contribution in [1.82, 2.24) is 4.90 Å². The summed E-state index contributed by atoms with van der Waals surface area (Å²) in [5, 5.41) is 10.8. The Morgan fingerprint density at radius 1 is 1.23 bits per heavy atom. The Morgan fingerprint density at radius 2 is 2.03 bits per heavy atom. The first kappa shape index (κ1) is 21.0. The van der Waals surface area contributed by atoms with Gasteiger partial charge in [0, 0.05) is 18.7 Å². The summed E-state index contributed by atoms with van der Waals surface area (Å²) in [6.45, 7) is 2.58. The Bertz CT molecular complexity index is 1030. The van der Waals surface area contributed by atoms with Gasteiger partial charge in [0.25, 0.3) is 5.91 Å². The summed E-state index contributed by atoms with van der Waals surface area (Å²) >= 11 is 0. The van der Waals surface area contributed by atoms with Crippen LogP contribution in [0.15, 0.2) is 46.1 Å². The molecule has 8 heteroatoms. The number of carbonyl (C=O) groups is 2. The van der Waals surface area contributed by atoms with Gasteiger partial charge in [-0.2, -0.15) is 0 Å². The maximum Gasteiger partial charge on any atom is 0.290 e. The molecule has 0 aliphatic carbocycles. The Hall–Kier alpha value is -3.26. The molecule has 1 saturated heterocycles. The molecule has 1 aromatic heterocycles. The molecule has 3 heterocycles. The first-order valence-electron chi connectivity index (χ1n) is 10.1. The fourth-order valence-electron chi connectivity index (χ4n) is 4.15. The van der Waals surface area contributed by atoms with Gasteiger partial charge in [0.1, 0.15) is 17.3 Å². The van der Waals surface area contributed by atoms with Gasteiger partial charge in [-0.05, 0) is 50.1 Å². The van der Waals surface area contributed by atoms with Crippen LogP contribution in [0.3, 0.4) is 0 Å². The summed E-state index contributed by atoms with van der Waals surface area (Å²) in [7, 11) is 3.04. The average molecular weight is 427 g/mol. The number of ether oxygens (including phenoxy) is 3. The first-order valence-corrected chi connectivity index (χ1v) is 10.1. The number of hydrogen-bond acceptors (Lipinski definition) is 7. The van der Waals surface area contributed by atoms with Crippen LogP contribution in [-0.2, 0) is 9.53 Å². The number of furan rings is 1. The number of rotatable bonds is 7. The normalized spacial score (nSPS) is 21.1. The zero-order chi connectivity index (χ0) is 22.1. The molecule has 1 fully saturated rings. The number of aryl methyl sites for hydroxylation is 1. The average Bonchev–Trinajstić information content (AvgIpc) is 3.50. The largest absolute Gasteiger partial charge is 0.503 e. The van der Waals surface area contributed by atoms with E-state index in [2.05, 4.69) is 0 Å². The minimum atomic E-state index is -0.875. The molecular weight excluding hydrogens is 402 g/mol. The molecule has 2 aliphatic rings. The van der Waals surface area contributed by atoms with E-state index in [1.165, 1.54) is 25.2 Å². The summed E-state index contributed by atoms with van der Waals surface area (Å²) in [5.74, 6) is -0.163. The number of hydrogen-bond donors (Lipinski definition) is 1. The molecule has 2 atom stereocenters. The van der Waals surface area contributed by atoms with Gasteiger partial charge in [-0.3, -0.25) is 9.59 Å². The number of aliphatic hydroxyl groups is 1. The Labute approximate surface area is 180 Å². The number of amides is 1. The Morgan fingerprint density at radius 3 is 2.65 bits per heavy atom. The van der Waals surface area contributed by atoms with Crippen molar-refractivity contribution in [2.75, 3.05) is 27.4 Å². The maximum absolute atomic E-state index is 13.3. The molecule has 0 saturated carbocycles. The summed E-state index contributed by atoms with van der Waals surface area (Å²) in [6, 6.07) is 7.46. The van der Waals surface area contributed by atoms with E-state index in [9.17, 15) is 14.7 Å². The van der Waals surface area contributed by atoms with Crippen molar-refractivity contribution in [2.24, 2.45) is 0 Å². The van der Waals surface area contributed by atoms with Crippen molar-refractivity contribution in [3.05, 3.63) is 58.7 Å². The summed E-state index contributed by atoms with van der Waals surface area (Å²) in [5.41, 5.74) is 0.479. The van der Waals surface area contributed by atoms with Gasteiger partial charge in [0.15, 0.2) is 11.5 Å². The second-order valence-electron chi connectivity index (χ2n) is 7.60.